The van der Waals surface area contributed by atoms with E-state index in [4.69, 9.17) is 16.3 Å². The van der Waals surface area contributed by atoms with Gasteiger partial charge in [-0.25, -0.2) is 4.79 Å². The molecule has 11 heteroatoms. The second-order valence-electron chi connectivity index (χ2n) is 6.75. The summed E-state index contributed by atoms with van der Waals surface area (Å²) >= 11 is 9.26. The molecule has 1 amide bonds. The highest BCUT2D eigenvalue weighted by atomic mass is 79.9. The van der Waals surface area contributed by atoms with Crippen molar-refractivity contribution in [1.29, 1.82) is 0 Å². The van der Waals surface area contributed by atoms with Crippen molar-refractivity contribution >= 4 is 33.6 Å². The minimum Gasteiger partial charge on any atom is -0.439 e. The summed E-state index contributed by atoms with van der Waals surface area (Å²) in [5, 5.41) is 0.401. The van der Waals surface area contributed by atoms with Crippen molar-refractivity contribution in [3.8, 4) is 0 Å². The molecule has 1 aliphatic heterocycles. The Morgan fingerprint density at radius 2 is 1.60 bits per heavy atom. The molecule has 2 aromatic rings. The molecule has 1 fully saturated rings. The summed E-state index contributed by atoms with van der Waals surface area (Å²) in [6.45, 7) is 1.49. The van der Waals surface area contributed by atoms with Crippen LogP contribution in [-0.2, 0) is 23.6 Å². The second kappa shape index (κ2) is 7.96. The first-order chi connectivity index (χ1) is 13.8. The third-order valence-corrected chi connectivity index (χ3v) is 5.69. The number of nitrogens with zero attached hydrogens (tertiary/aromatic N) is 1. The van der Waals surface area contributed by atoms with Gasteiger partial charge < -0.3 is 4.74 Å². The van der Waals surface area contributed by atoms with Gasteiger partial charge in [0.2, 0.25) is 0 Å². The van der Waals surface area contributed by atoms with Crippen LogP contribution in [0.4, 0.5) is 31.1 Å². The Balaban J connectivity index is 1.97. The zero-order chi connectivity index (χ0) is 22.4. The molecule has 2 aromatic carbocycles. The first-order valence-corrected chi connectivity index (χ1v) is 9.65. The van der Waals surface area contributed by atoms with Crippen molar-refractivity contribution < 1.29 is 35.9 Å². The molecule has 3 nitrogen and oxygen atoms in total. The summed E-state index contributed by atoms with van der Waals surface area (Å²) in [5.41, 5.74) is -2.71. The topological polar surface area (TPSA) is 29.5 Å². The number of hydrogen-bond donors (Lipinski definition) is 0. The van der Waals surface area contributed by atoms with Gasteiger partial charge in [-0.1, -0.05) is 27.5 Å². The molecule has 0 aromatic heterocycles. The standard InChI is InChI=1S/C19H13BrClF6NO2/c1-9-16(10-4-12(18(22,23)24)7-13(5-10)19(25,26)27)30-17(29)28(9)8-11-6-14(21)2-3-15(11)20/h2-7,9,16H,8H2,1H3. The average molecular weight is 517 g/mol. The maximum atomic E-state index is 13.1. The van der Waals surface area contributed by atoms with Gasteiger partial charge in [0.15, 0.2) is 0 Å². The third kappa shape index (κ3) is 4.69. The quantitative estimate of drug-likeness (QED) is 0.403. The smallest absolute Gasteiger partial charge is 0.416 e. The van der Waals surface area contributed by atoms with Gasteiger partial charge in [0.25, 0.3) is 0 Å². The number of cyclic esters (lactones) is 1. The molecule has 1 saturated heterocycles. The Morgan fingerprint density at radius 3 is 2.13 bits per heavy atom. The molecular formula is C19H13BrClF6NO2. The average Bonchev–Trinajstić information content (AvgIpc) is 2.91. The van der Waals surface area contributed by atoms with Crippen LogP contribution < -0.4 is 0 Å². The number of hydrogen-bond acceptors (Lipinski definition) is 2. The monoisotopic (exact) mass is 515 g/mol. The van der Waals surface area contributed by atoms with Crippen molar-refractivity contribution in [2.24, 2.45) is 0 Å². The Labute approximate surface area is 180 Å². The summed E-state index contributed by atoms with van der Waals surface area (Å²) in [6.07, 6.45) is -12.1. The number of carbonyl (C=O) groups is 1. The van der Waals surface area contributed by atoms with Gasteiger partial charge in [-0.15, -0.1) is 0 Å². The summed E-state index contributed by atoms with van der Waals surface area (Å²) in [6, 6.07) is 5.21. The largest absolute Gasteiger partial charge is 0.439 e. The second-order valence-corrected chi connectivity index (χ2v) is 8.04. The number of rotatable bonds is 3. The lowest BCUT2D eigenvalue weighted by Crippen LogP contribution is -2.31. The first kappa shape index (κ1) is 22.7. The Hall–Kier alpha value is -1.94. The highest BCUT2D eigenvalue weighted by Crippen LogP contribution is 2.41. The Morgan fingerprint density at radius 1 is 1.03 bits per heavy atom. The van der Waals surface area contributed by atoms with E-state index in [1.807, 2.05) is 0 Å². The lowest BCUT2D eigenvalue weighted by Gasteiger charge is -2.23. The third-order valence-electron chi connectivity index (χ3n) is 4.68. The van der Waals surface area contributed by atoms with E-state index in [1.165, 1.54) is 11.8 Å². The van der Waals surface area contributed by atoms with E-state index in [1.54, 1.807) is 18.2 Å². The van der Waals surface area contributed by atoms with Gasteiger partial charge >= 0.3 is 18.4 Å². The van der Waals surface area contributed by atoms with Gasteiger partial charge in [0.1, 0.15) is 6.10 Å². The van der Waals surface area contributed by atoms with E-state index in [0.717, 1.165) is 0 Å². The highest BCUT2D eigenvalue weighted by Gasteiger charge is 2.43. The molecule has 0 radical (unpaired) electrons. The van der Waals surface area contributed by atoms with Crippen molar-refractivity contribution in [2.45, 2.75) is 38.0 Å². The van der Waals surface area contributed by atoms with Crippen LogP contribution >= 0.6 is 27.5 Å². The van der Waals surface area contributed by atoms with Gasteiger partial charge in [-0.05, 0) is 54.4 Å². The lowest BCUT2D eigenvalue weighted by molar-refractivity contribution is -0.143. The molecule has 0 saturated carbocycles. The maximum Gasteiger partial charge on any atom is 0.416 e. The number of amides is 1. The molecule has 0 bridgehead atoms. The maximum absolute atomic E-state index is 13.1. The van der Waals surface area contributed by atoms with E-state index in [2.05, 4.69) is 15.9 Å². The normalized spacial score (nSPS) is 19.9. The molecule has 2 unspecified atom stereocenters. The molecule has 0 aliphatic carbocycles. The fourth-order valence-corrected chi connectivity index (χ4v) is 3.72. The number of halogens is 8. The molecular weight excluding hydrogens is 504 g/mol. The van der Waals surface area contributed by atoms with Crippen molar-refractivity contribution in [3.63, 3.8) is 0 Å². The van der Waals surface area contributed by atoms with Crippen LogP contribution in [0, 0.1) is 0 Å². The Kier molecular flexibility index (Phi) is 6.03. The fraction of sp³-hybridized carbons (Fsp3) is 0.316. The SMILES string of the molecule is CC1C(c2cc(C(F)(F)F)cc(C(F)(F)F)c2)OC(=O)N1Cc1cc(Cl)ccc1Br. The van der Waals surface area contributed by atoms with Crippen LogP contribution in [-0.4, -0.2) is 17.0 Å². The number of alkyl halides is 6. The van der Waals surface area contributed by atoms with Crippen LogP contribution in [0.3, 0.4) is 0 Å². The van der Waals surface area contributed by atoms with E-state index < -0.39 is 41.7 Å². The minimum atomic E-state index is -4.99. The van der Waals surface area contributed by atoms with E-state index in [9.17, 15) is 31.1 Å². The summed E-state index contributed by atoms with van der Waals surface area (Å²) in [7, 11) is 0. The zero-order valence-corrected chi connectivity index (χ0v) is 17.5. The van der Waals surface area contributed by atoms with Crippen molar-refractivity contribution in [3.05, 3.63) is 68.1 Å². The minimum absolute atomic E-state index is 0.00271. The number of ether oxygens (including phenoxy) is 1. The predicted octanol–water partition coefficient (Wildman–Crippen LogP) is 7.22. The van der Waals surface area contributed by atoms with Gasteiger partial charge in [-0.2, -0.15) is 26.3 Å². The fourth-order valence-electron chi connectivity index (χ4n) is 3.15. The molecule has 162 valence electrons. The van der Waals surface area contributed by atoms with Crippen LogP contribution in [0.1, 0.15) is 35.3 Å². The van der Waals surface area contributed by atoms with E-state index >= 15 is 0 Å². The number of carbonyl (C=O) groups excluding carboxylic acids is 1. The number of benzene rings is 2. The summed E-state index contributed by atoms with van der Waals surface area (Å²) < 4.78 is 84.6. The van der Waals surface area contributed by atoms with E-state index in [-0.39, 0.29) is 18.2 Å². The Bertz CT molecular complexity index is 946. The molecule has 0 spiro atoms. The summed E-state index contributed by atoms with van der Waals surface area (Å²) in [5.74, 6) is 0. The van der Waals surface area contributed by atoms with Crippen molar-refractivity contribution in [2.75, 3.05) is 0 Å². The molecule has 1 aliphatic rings. The predicted molar refractivity (Wildman–Crippen MR) is 99.8 cm³/mol. The van der Waals surface area contributed by atoms with Crippen LogP contribution in [0.2, 0.25) is 5.02 Å². The van der Waals surface area contributed by atoms with Crippen LogP contribution in [0.25, 0.3) is 0 Å². The van der Waals surface area contributed by atoms with Gasteiger partial charge in [0, 0.05) is 9.50 Å². The molecule has 0 N–H and O–H groups in total. The zero-order valence-electron chi connectivity index (χ0n) is 15.1. The van der Waals surface area contributed by atoms with Crippen LogP contribution in [0.15, 0.2) is 40.9 Å². The van der Waals surface area contributed by atoms with Crippen molar-refractivity contribution in [1.82, 2.24) is 4.90 Å². The molecule has 3 rings (SSSR count). The van der Waals surface area contributed by atoms with Gasteiger partial charge in [0.05, 0.1) is 23.7 Å². The molecule has 1 heterocycles. The van der Waals surface area contributed by atoms with E-state index in [0.29, 0.717) is 27.2 Å². The molecule has 2 atom stereocenters. The van der Waals surface area contributed by atoms with Crippen LogP contribution in [0.5, 0.6) is 0 Å². The highest BCUT2D eigenvalue weighted by molar-refractivity contribution is 9.10. The molecule has 30 heavy (non-hydrogen) atoms. The summed E-state index contributed by atoms with van der Waals surface area (Å²) in [4.78, 5) is 13.6. The first-order valence-electron chi connectivity index (χ1n) is 8.48. The lowest BCUT2D eigenvalue weighted by atomic mass is 9.97. The van der Waals surface area contributed by atoms with Gasteiger partial charge in [-0.3, -0.25) is 4.90 Å².